The summed E-state index contributed by atoms with van der Waals surface area (Å²) < 4.78 is 24.3. The number of carbonyl (C=O) groups is 1. The van der Waals surface area contributed by atoms with Crippen LogP contribution in [-0.2, 0) is 14.8 Å². The molecule has 0 spiro atoms. The van der Waals surface area contributed by atoms with E-state index in [1.165, 1.54) is 10.6 Å². The number of piperazine rings is 1. The number of rotatable bonds is 4. The number of amides is 1. The van der Waals surface area contributed by atoms with Crippen molar-refractivity contribution in [3.8, 4) is 0 Å². The molecule has 1 heterocycles. The summed E-state index contributed by atoms with van der Waals surface area (Å²) in [5.41, 5.74) is 0.505. The van der Waals surface area contributed by atoms with Gasteiger partial charge in [0.15, 0.2) is 0 Å². The molecular formula is C13H17Cl2N3O3S. The summed E-state index contributed by atoms with van der Waals surface area (Å²) in [5, 5.41) is 3.60. The number of halogens is 2. The average molecular weight is 366 g/mol. The van der Waals surface area contributed by atoms with E-state index in [1.54, 1.807) is 18.2 Å². The molecule has 1 aromatic carbocycles. The van der Waals surface area contributed by atoms with Gasteiger partial charge >= 0.3 is 0 Å². The Hall–Kier alpha value is -0.860. The smallest absolute Gasteiger partial charge is 0.238 e. The van der Waals surface area contributed by atoms with Crippen LogP contribution >= 0.6 is 23.2 Å². The minimum Gasteiger partial charge on any atom is -0.324 e. The van der Waals surface area contributed by atoms with Crippen molar-refractivity contribution in [2.24, 2.45) is 0 Å². The standard InChI is InChI=1S/C13H17Cl2N3O3S/c1-22(20,21)18-6-4-17(5-7-18)9-13(19)16-12-3-2-10(14)8-11(12)15/h2-3,8H,4-7,9H2,1H3,(H,16,19). The van der Waals surface area contributed by atoms with Gasteiger partial charge in [0.1, 0.15) is 0 Å². The molecule has 22 heavy (non-hydrogen) atoms. The van der Waals surface area contributed by atoms with E-state index in [0.717, 1.165) is 0 Å². The molecule has 0 atom stereocenters. The fourth-order valence-electron chi connectivity index (χ4n) is 2.20. The predicted molar refractivity (Wildman–Crippen MR) is 87.9 cm³/mol. The third-order valence-electron chi connectivity index (χ3n) is 3.37. The monoisotopic (exact) mass is 365 g/mol. The summed E-state index contributed by atoms with van der Waals surface area (Å²) in [7, 11) is -3.16. The Balaban J connectivity index is 1.86. The Bertz CT molecular complexity index is 658. The van der Waals surface area contributed by atoms with Crippen LogP contribution < -0.4 is 5.32 Å². The first kappa shape index (κ1) is 17.5. The first-order valence-corrected chi connectivity index (χ1v) is 9.28. The van der Waals surface area contributed by atoms with Gasteiger partial charge in [-0.05, 0) is 18.2 Å². The molecule has 1 fully saturated rings. The first-order valence-electron chi connectivity index (χ1n) is 6.68. The summed E-state index contributed by atoms with van der Waals surface area (Å²) in [5.74, 6) is -0.197. The van der Waals surface area contributed by atoms with Crippen molar-refractivity contribution in [2.75, 3.05) is 44.3 Å². The first-order chi connectivity index (χ1) is 10.3. The van der Waals surface area contributed by atoms with Crippen molar-refractivity contribution in [2.45, 2.75) is 0 Å². The maximum Gasteiger partial charge on any atom is 0.238 e. The van der Waals surface area contributed by atoms with Gasteiger partial charge in [0.25, 0.3) is 0 Å². The van der Waals surface area contributed by atoms with E-state index in [2.05, 4.69) is 5.32 Å². The van der Waals surface area contributed by atoms with Crippen LogP contribution in [0.4, 0.5) is 5.69 Å². The van der Waals surface area contributed by atoms with Crippen molar-refractivity contribution < 1.29 is 13.2 Å². The Morgan fingerprint density at radius 1 is 1.23 bits per heavy atom. The van der Waals surface area contributed by atoms with Crippen LogP contribution in [0.3, 0.4) is 0 Å². The van der Waals surface area contributed by atoms with E-state index in [-0.39, 0.29) is 12.5 Å². The summed E-state index contributed by atoms with van der Waals surface area (Å²) >= 11 is 11.8. The number of nitrogens with one attached hydrogen (secondary N) is 1. The van der Waals surface area contributed by atoms with Crippen LogP contribution in [-0.4, -0.2) is 62.5 Å². The number of sulfonamides is 1. The Labute approximate surface area is 140 Å². The molecular weight excluding hydrogens is 349 g/mol. The molecule has 1 N–H and O–H groups in total. The van der Waals surface area contributed by atoms with Crippen molar-refractivity contribution in [1.29, 1.82) is 0 Å². The van der Waals surface area contributed by atoms with E-state index in [4.69, 9.17) is 23.2 Å². The second kappa shape index (κ2) is 7.14. The Morgan fingerprint density at radius 2 is 1.86 bits per heavy atom. The lowest BCUT2D eigenvalue weighted by molar-refractivity contribution is -0.117. The number of carbonyl (C=O) groups excluding carboxylic acids is 1. The molecule has 1 saturated heterocycles. The minimum absolute atomic E-state index is 0.191. The summed E-state index contributed by atoms with van der Waals surface area (Å²) in [6.45, 7) is 2.03. The zero-order valence-electron chi connectivity index (χ0n) is 12.1. The normalized spacial score (nSPS) is 17.4. The quantitative estimate of drug-likeness (QED) is 0.877. The Kier molecular flexibility index (Phi) is 5.68. The zero-order chi connectivity index (χ0) is 16.3. The van der Waals surface area contributed by atoms with E-state index in [1.807, 2.05) is 4.90 Å². The van der Waals surface area contributed by atoms with E-state index in [0.29, 0.717) is 41.9 Å². The predicted octanol–water partition coefficient (Wildman–Crippen LogP) is 1.51. The maximum atomic E-state index is 12.0. The number of benzene rings is 1. The van der Waals surface area contributed by atoms with Crippen LogP contribution in [0.25, 0.3) is 0 Å². The lowest BCUT2D eigenvalue weighted by atomic mass is 10.3. The molecule has 9 heteroatoms. The van der Waals surface area contributed by atoms with Crippen LogP contribution in [0, 0.1) is 0 Å². The third kappa shape index (κ3) is 4.82. The lowest BCUT2D eigenvalue weighted by Gasteiger charge is -2.32. The summed E-state index contributed by atoms with van der Waals surface area (Å²) in [4.78, 5) is 13.9. The van der Waals surface area contributed by atoms with Crippen LogP contribution in [0.1, 0.15) is 0 Å². The number of anilines is 1. The highest BCUT2D eigenvalue weighted by molar-refractivity contribution is 7.88. The van der Waals surface area contributed by atoms with Gasteiger partial charge in [-0.15, -0.1) is 0 Å². The molecule has 0 radical (unpaired) electrons. The minimum atomic E-state index is -3.16. The molecule has 0 aromatic heterocycles. The van der Waals surface area contributed by atoms with Crippen LogP contribution in [0.5, 0.6) is 0 Å². The van der Waals surface area contributed by atoms with Crippen molar-refractivity contribution in [3.05, 3.63) is 28.2 Å². The van der Waals surface area contributed by atoms with Gasteiger partial charge in [-0.1, -0.05) is 23.2 Å². The van der Waals surface area contributed by atoms with E-state index in [9.17, 15) is 13.2 Å². The fraction of sp³-hybridized carbons (Fsp3) is 0.462. The summed E-state index contributed by atoms with van der Waals surface area (Å²) in [6.07, 6.45) is 1.19. The molecule has 1 aromatic rings. The maximum absolute atomic E-state index is 12.0. The topological polar surface area (TPSA) is 69.7 Å². The van der Waals surface area contributed by atoms with Crippen LogP contribution in [0.2, 0.25) is 10.0 Å². The number of nitrogens with zero attached hydrogens (tertiary/aromatic N) is 2. The van der Waals surface area contributed by atoms with Gasteiger partial charge < -0.3 is 5.32 Å². The second-order valence-electron chi connectivity index (χ2n) is 5.11. The van der Waals surface area contributed by atoms with E-state index < -0.39 is 10.0 Å². The second-order valence-corrected chi connectivity index (χ2v) is 7.94. The van der Waals surface area contributed by atoms with Gasteiger partial charge in [0.05, 0.1) is 23.5 Å². The number of hydrogen-bond donors (Lipinski definition) is 1. The molecule has 2 rings (SSSR count). The Morgan fingerprint density at radius 3 is 2.41 bits per heavy atom. The van der Waals surface area contributed by atoms with Crippen molar-refractivity contribution in [1.82, 2.24) is 9.21 Å². The molecule has 6 nitrogen and oxygen atoms in total. The lowest BCUT2D eigenvalue weighted by Crippen LogP contribution is -2.50. The van der Waals surface area contributed by atoms with Crippen molar-refractivity contribution in [3.63, 3.8) is 0 Å². The number of hydrogen-bond acceptors (Lipinski definition) is 4. The van der Waals surface area contributed by atoms with Gasteiger partial charge in [0.2, 0.25) is 15.9 Å². The third-order valence-corrected chi connectivity index (χ3v) is 5.22. The van der Waals surface area contributed by atoms with Crippen LogP contribution in [0.15, 0.2) is 18.2 Å². The molecule has 0 unspecified atom stereocenters. The molecule has 0 saturated carbocycles. The van der Waals surface area contributed by atoms with Crippen molar-refractivity contribution >= 4 is 44.8 Å². The van der Waals surface area contributed by atoms with Gasteiger partial charge in [-0.25, -0.2) is 8.42 Å². The van der Waals surface area contributed by atoms with Gasteiger partial charge in [-0.2, -0.15) is 4.31 Å². The fourth-order valence-corrected chi connectivity index (χ4v) is 3.49. The molecule has 1 aliphatic heterocycles. The molecule has 0 aliphatic carbocycles. The largest absolute Gasteiger partial charge is 0.324 e. The van der Waals surface area contributed by atoms with Gasteiger partial charge in [0, 0.05) is 31.2 Å². The molecule has 0 bridgehead atoms. The highest BCUT2D eigenvalue weighted by atomic mass is 35.5. The highest BCUT2D eigenvalue weighted by Crippen LogP contribution is 2.25. The molecule has 1 aliphatic rings. The molecule has 1 amide bonds. The zero-order valence-corrected chi connectivity index (χ0v) is 14.4. The average Bonchev–Trinajstić information content (AvgIpc) is 2.41. The van der Waals surface area contributed by atoms with E-state index >= 15 is 0 Å². The SMILES string of the molecule is CS(=O)(=O)N1CCN(CC(=O)Nc2ccc(Cl)cc2Cl)CC1. The molecule has 122 valence electrons. The van der Waals surface area contributed by atoms with Gasteiger partial charge in [-0.3, -0.25) is 9.69 Å². The highest BCUT2D eigenvalue weighted by Gasteiger charge is 2.24. The summed E-state index contributed by atoms with van der Waals surface area (Å²) in [6, 6.07) is 4.85.